The fourth-order valence-corrected chi connectivity index (χ4v) is 1.84. The fourth-order valence-electron chi connectivity index (χ4n) is 1.84. The molecule has 2 rings (SSSR count). The Morgan fingerprint density at radius 3 is 2.27 bits per heavy atom. The third-order valence-corrected chi connectivity index (χ3v) is 2.89. The fraction of sp³-hybridized carbons (Fsp3) is 0.0625. The van der Waals surface area contributed by atoms with Crippen molar-refractivity contribution in [3.05, 3.63) is 64.5 Å². The van der Waals surface area contributed by atoms with Crippen LogP contribution in [0.2, 0.25) is 0 Å². The largest absolute Gasteiger partial charge is 0.507 e. The summed E-state index contributed by atoms with van der Waals surface area (Å²) in [6.07, 6.45) is -1.47. The van der Waals surface area contributed by atoms with Crippen molar-refractivity contribution in [1.29, 1.82) is 0 Å². The molecule has 2 aromatic rings. The molecule has 2 nitrogen and oxygen atoms in total. The molecule has 0 amide bonds. The molecule has 0 aliphatic rings. The van der Waals surface area contributed by atoms with Gasteiger partial charge < -0.3 is 5.11 Å². The van der Waals surface area contributed by atoms with Crippen LogP contribution >= 0.6 is 0 Å². The molecule has 6 heteroatoms. The molecule has 0 saturated carbocycles. The monoisotopic (exact) mass is 310 g/mol. The summed E-state index contributed by atoms with van der Waals surface area (Å²) in [5.74, 6) is -1.19. The Labute approximate surface area is 123 Å². The van der Waals surface area contributed by atoms with Gasteiger partial charge in [0.25, 0.3) is 0 Å². The van der Waals surface area contributed by atoms with Crippen molar-refractivity contribution in [2.24, 2.45) is 0 Å². The first-order chi connectivity index (χ1) is 10.3. The van der Waals surface area contributed by atoms with E-state index in [1.54, 1.807) is 0 Å². The van der Waals surface area contributed by atoms with Gasteiger partial charge in [-0.15, -0.1) is 0 Å². The topological polar surface area (TPSA) is 37.3 Å². The van der Waals surface area contributed by atoms with E-state index in [1.807, 2.05) is 0 Å². The Bertz CT molecular complexity index is 733. The molecule has 0 fully saturated rings. The SMILES string of the molecule is O=Cc1cc(/C=C/c2cc(F)cc(C(F)(F)F)c2)ccc1O. The molecule has 0 aliphatic carbocycles. The maximum atomic E-state index is 13.2. The van der Waals surface area contributed by atoms with E-state index < -0.39 is 17.6 Å². The number of hydrogen-bond donors (Lipinski definition) is 1. The molecule has 0 aliphatic heterocycles. The zero-order chi connectivity index (χ0) is 16.3. The number of phenolic OH excluding ortho intramolecular Hbond substituents is 1. The van der Waals surface area contributed by atoms with Gasteiger partial charge in [0.1, 0.15) is 11.6 Å². The summed E-state index contributed by atoms with van der Waals surface area (Å²) >= 11 is 0. The van der Waals surface area contributed by atoms with E-state index in [0.717, 1.165) is 12.1 Å². The van der Waals surface area contributed by atoms with E-state index in [1.165, 1.54) is 30.4 Å². The number of carbonyl (C=O) groups excluding carboxylic acids is 1. The first-order valence-electron chi connectivity index (χ1n) is 6.13. The first-order valence-corrected chi connectivity index (χ1v) is 6.13. The molecule has 22 heavy (non-hydrogen) atoms. The van der Waals surface area contributed by atoms with Gasteiger partial charge in [-0.05, 0) is 41.5 Å². The second kappa shape index (κ2) is 6.01. The molecule has 0 spiro atoms. The molecular weight excluding hydrogens is 300 g/mol. The maximum absolute atomic E-state index is 13.2. The third kappa shape index (κ3) is 3.72. The predicted octanol–water partition coefficient (Wildman–Crippen LogP) is 4.53. The van der Waals surface area contributed by atoms with Crippen molar-refractivity contribution in [2.75, 3.05) is 0 Å². The molecule has 0 saturated heterocycles. The predicted molar refractivity (Wildman–Crippen MR) is 73.8 cm³/mol. The third-order valence-electron chi connectivity index (χ3n) is 2.89. The number of aromatic hydroxyl groups is 1. The molecule has 0 unspecified atom stereocenters. The van der Waals surface area contributed by atoms with Crippen LogP contribution in [0.4, 0.5) is 17.6 Å². The van der Waals surface area contributed by atoms with Crippen LogP contribution < -0.4 is 0 Å². The Hall–Kier alpha value is -2.63. The van der Waals surface area contributed by atoms with Crippen LogP contribution in [-0.2, 0) is 6.18 Å². The summed E-state index contributed by atoms with van der Waals surface area (Å²) in [6.45, 7) is 0. The van der Waals surface area contributed by atoms with Crippen LogP contribution in [0, 0.1) is 5.82 Å². The van der Waals surface area contributed by atoms with Crippen molar-refractivity contribution in [3.8, 4) is 5.75 Å². The van der Waals surface area contributed by atoms with E-state index in [2.05, 4.69) is 0 Å². The lowest BCUT2D eigenvalue weighted by Crippen LogP contribution is -2.05. The van der Waals surface area contributed by atoms with Gasteiger partial charge in [-0.1, -0.05) is 18.2 Å². The minimum atomic E-state index is -4.63. The molecular formula is C16H10F4O2. The average Bonchev–Trinajstić information content (AvgIpc) is 2.45. The van der Waals surface area contributed by atoms with Crippen molar-refractivity contribution in [3.63, 3.8) is 0 Å². The Kier molecular flexibility index (Phi) is 4.30. The van der Waals surface area contributed by atoms with E-state index in [9.17, 15) is 27.5 Å². The molecule has 0 aromatic heterocycles. The number of halogens is 4. The Morgan fingerprint density at radius 2 is 1.64 bits per heavy atom. The first kappa shape index (κ1) is 15.8. The lowest BCUT2D eigenvalue weighted by atomic mass is 10.1. The quantitative estimate of drug-likeness (QED) is 0.513. The molecule has 0 heterocycles. The molecule has 1 N–H and O–H groups in total. The number of alkyl halides is 3. The van der Waals surface area contributed by atoms with E-state index in [-0.39, 0.29) is 16.9 Å². The number of rotatable bonds is 3. The number of phenols is 1. The summed E-state index contributed by atoms with van der Waals surface area (Å²) < 4.78 is 51.0. The zero-order valence-corrected chi connectivity index (χ0v) is 11.1. The van der Waals surface area contributed by atoms with Crippen LogP contribution in [0.3, 0.4) is 0 Å². The van der Waals surface area contributed by atoms with Crippen molar-refractivity contribution in [1.82, 2.24) is 0 Å². The molecule has 2 aromatic carbocycles. The lowest BCUT2D eigenvalue weighted by Gasteiger charge is -2.07. The van der Waals surface area contributed by atoms with Gasteiger partial charge in [0.05, 0.1) is 11.1 Å². The van der Waals surface area contributed by atoms with Crippen LogP contribution in [0.15, 0.2) is 36.4 Å². The van der Waals surface area contributed by atoms with Crippen molar-refractivity contribution < 1.29 is 27.5 Å². The second-order valence-electron chi connectivity index (χ2n) is 4.54. The summed E-state index contributed by atoms with van der Waals surface area (Å²) in [4.78, 5) is 10.7. The van der Waals surface area contributed by atoms with Crippen LogP contribution in [0.25, 0.3) is 12.2 Å². The number of carbonyl (C=O) groups is 1. The molecule has 0 radical (unpaired) electrons. The van der Waals surface area contributed by atoms with Crippen LogP contribution in [-0.4, -0.2) is 11.4 Å². The maximum Gasteiger partial charge on any atom is 0.416 e. The van der Waals surface area contributed by atoms with Crippen LogP contribution in [0.1, 0.15) is 27.0 Å². The number of benzene rings is 2. The second-order valence-corrected chi connectivity index (χ2v) is 4.54. The van der Waals surface area contributed by atoms with Gasteiger partial charge in [0, 0.05) is 0 Å². The highest BCUT2D eigenvalue weighted by atomic mass is 19.4. The summed E-state index contributed by atoms with van der Waals surface area (Å²) in [5.41, 5.74) is -0.505. The standard InChI is InChI=1S/C16H10F4O2/c17-14-7-11(6-13(8-14)16(18,19)20)2-1-10-3-4-15(22)12(5-10)9-21/h1-9,22H/b2-1+. The number of hydrogen-bond acceptors (Lipinski definition) is 2. The minimum Gasteiger partial charge on any atom is -0.507 e. The average molecular weight is 310 g/mol. The van der Waals surface area contributed by atoms with Gasteiger partial charge in [-0.2, -0.15) is 13.2 Å². The highest BCUT2D eigenvalue weighted by Gasteiger charge is 2.31. The highest BCUT2D eigenvalue weighted by molar-refractivity contribution is 5.81. The van der Waals surface area contributed by atoms with E-state index in [4.69, 9.17) is 0 Å². The van der Waals surface area contributed by atoms with Gasteiger partial charge in [0.15, 0.2) is 6.29 Å². The van der Waals surface area contributed by atoms with Gasteiger partial charge in [0.2, 0.25) is 0 Å². The lowest BCUT2D eigenvalue weighted by molar-refractivity contribution is -0.137. The van der Waals surface area contributed by atoms with E-state index in [0.29, 0.717) is 17.9 Å². The summed E-state index contributed by atoms with van der Waals surface area (Å²) in [6, 6.07) is 6.33. The van der Waals surface area contributed by atoms with Gasteiger partial charge in [-0.25, -0.2) is 4.39 Å². The van der Waals surface area contributed by atoms with E-state index >= 15 is 0 Å². The van der Waals surface area contributed by atoms with Gasteiger partial charge in [-0.3, -0.25) is 4.79 Å². The molecule has 0 bridgehead atoms. The van der Waals surface area contributed by atoms with Crippen molar-refractivity contribution >= 4 is 18.4 Å². The Morgan fingerprint density at radius 1 is 0.955 bits per heavy atom. The summed E-state index contributed by atoms with van der Waals surface area (Å²) in [7, 11) is 0. The molecule has 114 valence electrons. The van der Waals surface area contributed by atoms with Crippen LogP contribution in [0.5, 0.6) is 5.75 Å². The highest BCUT2D eigenvalue weighted by Crippen LogP contribution is 2.30. The molecule has 0 atom stereocenters. The summed E-state index contributed by atoms with van der Waals surface area (Å²) in [5, 5.41) is 9.35. The van der Waals surface area contributed by atoms with Gasteiger partial charge >= 0.3 is 6.18 Å². The number of aldehydes is 1. The Balaban J connectivity index is 2.34. The zero-order valence-electron chi connectivity index (χ0n) is 11.1. The smallest absolute Gasteiger partial charge is 0.416 e. The minimum absolute atomic E-state index is 0.0352. The van der Waals surface area contributed by atoms with Crippen molar-refractivity contribution in [2.45, 2.75) is 6.18 Å². The normalized spacial score (nSPS) is 11.8.